The molecule has 0 unspecified atom stereocenters. The van der Waals surface area contributed by atoms with E-state index in [1.165, 1.54) is 6.33 Å². The maximum Gasteiger partial charge on any atom is 0.305 e. The van der Waals surface area contributed by atoms with E-state index in [9.17, 15) is 4.79 Å². The summed E-state index contributed by atoms with van der Waals surface area (Å²) in [5.41, 5.74) is 2.41. The van der Waals surface area contributed by atoms with Crippen LogP contribution in [0.5, 0.6) is 0 Å². The van der Waals surface area contributed by atoms with Crippen LogP contribution in [0.25, 0.3) is 11.2 Å². The number of carboxylic acid groups (broad SMARTS) is 1. The number of nitrogens with one attached hydrogen (secondary N) is 1. The second-order valence-electron chi connectivity index (χ2n) is 4.82. The van der Waals surface area contributed by atoms with Crippen molar-refractivity contribution < 1.29 is 9.90 Å². The molecule has 0 bridgehead atoms. The fourth-order valence-corrected chi connectivity index (χ4v) is 2.17. The number of aryl methyl sites for hydroxylation is 1. The Morgan fingerprint density at radius 3 is 2.77 bits per heavy atom. The summed E-state index contributed by atoms with van der Waals surface area (Å²) in [6, 6.07) is 9.98. The van der Waals surface area contributed by atoms with E-state index in [-0.39, 0.29) is 6.42 Å². The average molecular weight is 297 g/mol. The number of aromatic nitrogens is 4. The van der Waals surface area contributed by atoms with E-state index in [0.717, 1.165) is 5.56 Å². The molecule has 2 aromatic heterocycles. The van der Waals surface area contributed by atoms with Gasteiger partial charge in [0.1, 0.15) is 11.8 Å². The molecular formula is C15H15N5O2. The number of fused-ring (bicyclic) bond motifs is 1. The summed E-state index contributed by atoms with van der Waals surface area (Å²) >= 11 is 0. The zero-order valence-corrected chi connectivity index (χ0v) is 11.8. The van der Waals surface area contributed by atoms with Crippen molar-refractivity contribution in [1.29, 1.82) is 0 Å². The minimum Gasteiger partial charge on any atom is -0.481 e. The summed E-state index contributed by atoms with van der Waals surface area (Å²) in [4.78, 5) is 23.4. The molecule has 22 heavy (non-hydrogen) atoms. The Bertz CT molecular complexity index is 785. The number of anilines is 1. The van der Waals surface area contributed by atoms with Gasteiger partial charge in [-0.3, -0.25) is 4.79 Å². The van der Waals surface area contributed by atoms with E-state index in [1.54, 1.807) is 10.9 Å². The molecule has 0 aliphatic heterocycles. The number of aliphatic carboxylic acids is 1. The summed E-state index contributed by atoms with van der Waals surface area (Å²) in [5, 5.41) is 12.0. The molecule has 2 heterocycles. The van der Waals surface area contributed by atoms with E-state index in [2.05, 4.69) is 20.3 Å². The van der Waals surface area contributed by atoms with Crippen molar-refractivity contribution in [2.75, 3.05) is 5.32 Å². The summed E-state index contributed by atoms with van der Waals surface area (Å²) in [6.45, 7) is 0.968. The van der Waals surface area contributed by atoms with E-state index >= 15 is 0 Å². The molecule has 3 rings (SSSR count). The molecule has 0 amide bonds. The lowest BCUT2D eigenvalue weighted by molar-refractivity contribution is -0.137. The molecule has 0 fully saturated rings. The van der Waals surface area contributed by atoms with Gasteiger partial charge in [-0.05, 0) is 5.56 Å². The summed E-state index contributed by atoms with van der Waals surface area (Å²) in [6.07, 6.45) is 3.08. The second-order valence-corrected chi connectivity index (χ2v) is 4.82. The third-order valence-electron chi connectivity index (χ3n) is 3.27. The normalized spacial score (nSPS) is 10.7. The van der Waals surface area contributed by atoms with Crippen LogP contribution in [-0.2, 0) is 17.9 Å². The van der Waals surface area contributed by atoms with Crippen LogP contribution in [0.4, 0.5) is 5.82 Å². The summed E-state index contributed by atoms with van der Waals surface area (Å²) in [7, 11) is 0. The van der Waals surface area contributed by atoms with Crippen LogP contribution in [-0.4, -0.2) is 30.6 Å². The van der Waals surface area contributed by atoms with Crippen LogP contribution >= 0.6 is 0 Å². The zero-order valence-electron chi connectivity index (χ0n) is 11.8. The van der Waals surface area contributed by atoms with E-state index < -0.39 is 5.97 Å². The van der Waals surface area contributed by atoms with Crippen molar-refractivity contribution in [3.63, 3.8) is 0 Å². The second kappa shape index (κ2) is 6.21. The van der Waals surface area contributed by atoms with Crippen LogP contribution < -0.4 is 5.32 Å². The Hall–Kier alpha value is -2.96. The average Bonchev–Trinajstić information content (AvgIpc) is 2.95. The monoisotopic (exact) mass is 297 g/mol. The molecule has 3 aromatic rings. The number of hydrogen-bond acceptors (Lipinski definition) is 5. The molecule has 0 spiro atoms. The minimum atomic E-state index is -0.849. The first-order valence-electron chi connectivity index (χ1n) is 6.89. The Balaban J connectivity index is 1.80. The van der Waals surface area contributed by atoms with Crippen molar-refractivity contribution in [3.05, 3.63) is 48.5 Å². The van der Waals surface area contributed by atoms with E-state index in [0.29, 0.717) is 30.1 Å². The number of benzene rings is 1. The van der Waals surface area contributed by atoms with Crippen LogP contribution in [0.2, 0.25) is 0 Å². The number of carboxylic acids is 1. The third-order valence-corrected chi connectivity index (χ3v) is 3.27. The Kier molecular flexibility index (Phi) is 3.95. The molecule has 2 N–H and O–H groups in total. The molecule has 0 aliphatic rings. The standard InChI is InChI=1S/C15H15N5O2/c21-12(22)6-7-20-10-19-13-14(17-9-18-15(13)20)16-8-11-4-2-1-3-5-11/h1-5,9-10H,6-8H2,(H,21,22)(H,16,17,18). The number of rotatable bonds is 6. The molecule has 112 valence electrons. The number of hydrogen-bond donors (Lipinski definition) is 2. The summed E-state index contributed by atoms with van der Waals surface area (Å²) in [5.74, 6) is -0.207. The molecule has 0 saturated carbocycles. The number of imidazole rings is 1. The van der Waals surface area contributed by atoms with Crippen molar-refractivity contribution >= 4 is 23.0 Å². The van der Waals surface area contributed by atoms with Crippen molar-refractivity contribution in [2.24, 2.45) is 0 Å². The van der Waals surface area contributed by atoms with Crippen molar-refractivity contribution in [3.8, 4) is 0 Å². The highest BCUT2D eigenvalue weighted by Crippen LogP contribution is 2.18. The van der Waals surface area contributed by atoms with Gasteiger partial charge in [0.2, 0.25) is 0 Å². The Morgan fingerprint density at radius 1 is 1.18 bits per heavy atom. The number of nitrogens with zero attached hydrogens (tertiary/aromatic N) is 4. The molecular weight excluding hydrogens is 282 g/mol. The Labute approximate surface area is 126 Å². The molecule has 0 saturated heterocycles. The quantitative estimate of drug-likeness (QED) is 0.722. The Morgan fingerprint density at radius 2 is 2.00 bits per heavy atom. The van der Waals surface area contributed by atoms with Gasteiger partial charge in [0.05, 0.1) is 12.7 Å². The third kappa shape index (κ3) is 3.03. The fourth-order valence-electron chi connectivity index (χ4n) is 2.17. The lowest BCUT2D eigenvalue weighted by Crippen LogP contribution is -2.05. The van der Waals surface area contributed by atoms with Gasteiger partial charge in [-0.2, -0.15) is 0 Å². The topological polar surface area (TPSA) is 92.9 Å². The smallest absolute Gasteiger partial charge is 0.305 e. The SMILES string of the molecule is O=C(O)CCn1cnc2c(NCc3ccccc3)ncnc21. The number of carbonyl (C=O) groups is 1. The van der Waals surface area contributed by atoms with Crippen LogP contribution in [0.1, 0.15) is 12.0 Å². The van der Waals surface area contributed by atoms with E-state index in [4.69, 9.17) is 5.11 Å². The van der Waals surface area contributed by atoms with Crippen molar-refractivity contribution in [1.82, 2.24) is 19.5 Å². The van der Waals surface area contributed by atoms with Crippen LogP contribution in [0, 0.1) is 0 Å². The lowest BCUT2D eigenvalue weighted by Gasteiger charge is -2.06. The fraction of sp³-hybridized carbons (Fsp3) is 0.200. The van der Waals surface area contributed by atoms with Crippen molar-refractivity contribution in [2.45, 2.75) is 19.5 Å². The molecule has 7 heteroatoms. The van der Waals surface area contributed by atoms with Gasteiger partial charge in [0, 0.05) is 13.1 Å². The zero-order chi connectivity index (χ0) is 15.4. The molecule has 0 radical (unpaired) electrons. The van der Waals surface area contributed by atoms with Gasteiger partial charge in [0.25, 0.3) is 0 Å². The molecule has 0 atom stereocenters. The first-order valence-corrected chi connectivity index (χ1v) is 6.89. The van der Waals surface area contributed by atoms with Gasteiger partial charge in [-0.25, -0.2) is 15.0 Å². The highest BCUT2D eigenvalue weighted by Gasteiger charge is 2.10. The van der Waals surface area contributed by atoms with Crippen LogP contribution in [0.3, 0.4) is 0 Å². The van der Waals surface area contributed by atoms with Gasteiger partial charge in [-0.15, -0.1) is 0 Å². The lowest BCUT2D eigenvalue weighted by atomic mass is 10.2. The van der Waals surface area contributed by atoms with E-state index in [1.807, 2.05) is 30.3 Å². The highest BCUT2D eigenvalue weighted by atomic mass is 16.4. The predicted molar refractivity (Wildman–Crippen MR) is 81.3 cm³/mol. The van der Waals surface area contributed by atoms with Gasteiger partial charge >= 0.3 is 5.97 Å². The predicted octanol–water partition coefficient (Wildman–Crippen LogP) is 1.91. The first-order chi connectivity index (χ1) is 10.7. The first kappa shape index (κ1) is 14.0. The maximum atomic E-state index is 10.7. The summed E-state index contributed by atoms with van der Waals surface area (Å²) < 4.78 is 1.72. The molecule has 7 nitrogen and oxygen atoms in total. The largest absolute Gasteiger partial charge is 0.481 e. The highest BCUT2D eigenvalue weighted by molar-refractivity contribution is 5.82. The van der Waals surface area contributed by atoms with Gasteiger partial charge < -0.3 is 15.0 Å². The van der Waals surface area contributed by atoms with Crippen LogP contribution in [0.15, 0.2) is 43.0 Å². The molecule has 0 aliphatic carbocycles. The molecule has 1 aromatic carbocycles. The van der Waals surface area contributed by atoms with Gasteiger partial charge in [0.15, 0.2) is 11.5 Å². The van der Waals surface area contributed by atoms with Gasteiger partial charge in [-0.1, -0.05) is 30.3 Å². The minimum absolute atomic E-state index is 0.0300. The maximum absolute atomic E-state index is 10.7.